The van der Waals surface area contributed by atoms with Gasteiger partial charge < -0.3 is 20.1 Å². The highest BCUT2D eigenvalue weighted by Crippen LogP contribution is 2.29. The molecule has 0 spiro atoms. The lowest BCUT2D eigenvalue weighted by Gasteiger charge is -2.35. The van der Waals surface area contributed by atoms with Crippen LogP contribution in [0.3, 0.4) is 0 Å². The third-order valence-corrected chi connectivity index (χ3v) is 7.60. The molecule has 2 unspecified atom stereocenters. The van der Waals surface area contributed by atoms with Gasteiger partial charge >= 0.3 is 18.0 Å². The van der Waals surface area contributed by atoms with Crippen LogP contribution in [0.2, 0.25) is 0 Å². The zero-order valence-corrected chi connectivity index (χ0v) is 25.4. The maximum absolute atomic E-state index is 14.2. The molecule has 2 N–H and O–H groups in total. The molecule has 5 rings (SSSR count). The smallest absolute Gasteiger partial charge is 0.408 e. The van der Waals surface area contributed by atoms with Crippen LogP contribution < -0.4 is 10.6 Å². The van der Waals surface area contributed by atoms with Crippen molar-refractivity contribution in [2.45, 2.75) is 50.9 Å². The molecule has 1 heterocycles. The number of amides is 1. The summed E-state index contributed by atoms with van der Waals surface area (Å²) in [5.41, 5.74) is -0.142. The number of hydrogen-bond acceptors (Lipinski definition) is 7. The molecule has 8 heteroatoms. The summed E-state index contributed by atoms with van der Waals surface area (Å²) < 4.78 is 11.2. The largest absolute Gasteiger partial charge is 0.444 e. The first-order chi connectivity index (χ1) is 21.1. The van der Waals surface area contributed by atoms with E-state index in [0.717, 1.165) is 23.1 Å². The van der Waals surface area contributed by atoms with Gasteiger partial charge in [0, 0.05) is 32.6 Å². The summed E-state index contributed by atoms with van der Waals surface area (Å²) in [7, 11) is 0. The van der Waals surface area contributed by atoms with Crippen molar-refractivity contribution in [2.24, 2.45) is 0 Å². The molecule has 1 aliphatic heterocycles. The molecule has 1 amide bonds. The molecular formula is C36H39N3O5. The van der Waals surface area contributed by atoms with Crippen LogP contribution in [-0.4, -0.2) is 54.2 Å². The first kappa shape index (κ1) is 30.9. The molecule has 1 saturated heterocycles. The highest BCUT2D eigenvalue weighted by molar-refractivity contribution is 5.96. The Morgan fingerprint density at radius 3 is 2.20 bits per heavy atom. The van der Waals surface area contributed by atoms with E-state index in [0.29, 0.717) is 25.2 Å². The molecule has 2 atom stereocenters. The van der Waals surface area contributed by atoms with Crippen LogP contribution in [0.5, 0.6) is 0 Å². The van der Waals surface area contributed by atoms with Crippen LogP contribution >= 0.6 is 0 Å². The van der Waals surface area contributed by atoms with Gasteiger partial charge in [-0.2, -0.15) is 0 Å². The maximum atomic E-state index is 14.2. The molecule has 4 aromatic carbocycles. The minimum Gasteiger partial charge on any atom is -0.444 e. The molecule has 0 saturated carbocycles. The van der Waals surface area contributed by atoms with Crippen molar-refractivity contribution in [3.8, 4) is 0 Å². The maximum Gasteiger partial charge on any atom is 0.408 e. The molecule has 1 aliphatic rings. The summed E-state index contributed by atoms with van der Waals surface area (Å²) >= 11 is 0. The fraction of sp³-hybridized carbons (Fsp3) is 0.306. The van der Waals surface area contributed by atoms with Crippen LogP contribution in [0, 0.1) is 0 Å². The van der Waals surface area contributed by atoms with Gasteiger partial charge in [0.2, 0.25) is 0 Å². The van der Waals surface area contributed by atoms with Gasteiger partial charge in [0.25, 0.3) is 0 Å². The number of piperazine rings is 1. The fourth-order valence-electron chi connectivity index (χ4n) is 5.52. The number of nitrogens with zero attached hydrogens (tertiary/aromatic N) is 1. The number of ether oxygens (including phenoxy) is 2. The Morgan fingerprint density at radius 1 is 0.841 bits per heavy atom. The molecular weight excluding hydrogens is 554 g/mol. The van der Waals surface area contributed by atoms with E-state index in [4.69, 9.17) is 9.47 Å². The van der Waals surface area contributed by atoms with Crippen molar-refractivity contribution >= 4 is 28.8 Å². The molecule has 0 radical (unpaired) electrons. The standard InChI is InChI=1S/C36H39N3O5/c1-35(2,3)44-34(42)38-36(30-16-8-5-9-17-30,23-26-12-6-4-7-13-26)33(41)43-32(40)31-25-39(21-20-37-31)24-27-18-19-28-14-10-11-15-29(28)22-27/h4-19,22,31,37H,20-21,23-25H2,1-3H3,(H,38,42). The van der Waals surface area contributed by atoms with Gasteiger partial charge in [-0.05, 0) is 54.3 Å². The molecule has 8 nitrogen and oxygen atoms in total. The second-order valence-corrected chi connectivity index (χ2v) is 12.2. The number of rotatable bonds is 8. The van der Waals surface area contributed by atoms with E-state index in [1.807, 2.05) is 48.5 Å². The number of esters is 2. The zero-order chi connectivity index (χ0) is 31.2. The monoisotopic (exact) mass is 593 g/mol. The highest BCUT2D eigenvalue weighted by atomic mass is 16.6. The predicted octanol–water partition coefficient (Wildman–Crippen LogP) is 5.35. The number of nitrogens with one attached hydrogen (secondary N) is 2. The summed E-state index contributed by atoms with van der Waals surface area (Å²) in [6.07, 6.45) is -0.742. The summed E-state index contributed by atoms with van der Waals surface area (Å²) in [4.78, 5) is 43.1. The number of benzene rings is 4. The zero-order valence-electron chi connectivity index (χ0n) is 25.4. The number of carbonyl (C=O) groups excluding carboxylic acids is 3. The Morgan fingerprint density at radius 2 is 1.50 bits per heavy atom. The van der Waals surface area contributed by atoms with Crippen LogP contribution in [0.4, 0.5) is 4.79 Å². The molecule has 44 heavy (non-hydrogen) atoms. The highest BCUT2D eigenvalue weighted by Gasteiger charge is 2.46. The topological polar surface area (TPSA) is 97.0 Å². The number of alkyl carbamates (subject to hydrolysis) is 1. The first-order valence-corrected chi connectivity index (χ1v) is 14.9. The number of carbonyl (C=O) groups is 3. The van der Waals surface area contributed by atoms with E-state index in [2.05, 4.69) is 45.9 Å². The molecule has 0 bridgehead atoms. The predicted molar refractivity (Wildman–Crippen MR) is 170 cm³/mol. The quantitative estimate of drug-likeness (QED) is 0.210. The summed E-state index contributed by atoms with van der Waals surface area (Å²) in [5, 5.41) is 8.34. The van der Waals surface area contributed by atoms with E-state index in [9.17, 15) is 14.4 Å². The molecule has 4 aromatic rings. The second kappa shape index (κ2) is 13.4. The molecule has 1 fully saturated rings. The van der Waals surface area contributed by atoms with Crippen molar-refractivity contribution in [1.29, 1.82) is 0 Å². The van der Waals surface area contributed by atoms with E-state index < -0.39 is 35.2 Å². The van der Waals surface area contributed by atoms with Gasteiger partial charge in [-0.3, -0.25) is 4.90 Å². The van der Waals surface area contributed by atoms with Crippen LogP contribution in [0.15, 0.2) is 103 Å². The molecule has 0 aliphatic carbocycles. The third-order valence-electron chi connectivity index (χ3n) is 7.60. The van der Waals surface area contributed by atoms with Gasteiger partial charge in [0.05, 0.1) is 0 Å². The third kappa shape index (κ3) is 7.70. The lowest BCUT2D eigenvalue weighted by atomic mass is 9.83. The van der Waals surface area contributed by atoms with Gasteiger partial charge in [-0.1, -0.05) is 97.1 Å². The Balaban J connectivity index is 1.37. The first-order valence-electron chi connectivity index (χ1n) is 14.9. The SMILES string of the molecule is CC(C)(C)OC(=O)NC(Cc1ccccc1)(C(=O)OC(=O)C1CN(Cc2ccc3ccccc3c2)CCN1)c1ccccc1. The van der Waals surface area contributed by atoms with Crippen molar-refractivity contribution < 1.29 is 23.9 Å². The van der Waals surface area contributed by atoms with E-state index in [-0.39, 0.29) is 6.42 Å². The average Bonchev–Trinajstić information content (AvgIpc) is 3.00. The summed E-state index contributed by atoms with van der Waals surface area (Å²) in [6, 6.07) is 32.0. The number of hydrogen-bond donors (Lipinski definition) is 2. The van der Waals surface area contributed by atoms with Gasteiger partial charge in [0.15, 0.2) is 5.54 Å². The lowest BCUT2D eigenvalue weighted by molar-refractivity contribution is -0.167. The van der Waals surface area contributed by atoms with Crippen molar-refractivity contribution in [3.05, 3.63) is 120 Å². The van der Waals surface area contributed by atoms with Gasteiger partial charge in [0.1, 0.15) is 11.6 Å². The van der Waals surface area contributed by atoms with Crippen LogP contribution in [0.1, 0.15) is 37.5 Å². The van der Waals surface area contributed by atoms with Gasteiger partial charge in [-0.15, -0.1) is 0 Å². The van der Waals surface area contributed by atoms with Crippen LogP contribution in [-0.2, 0) is 37.6 Å². The average molecular weight is 594 g/mol. The molecule has 228 valence electrons. The minimum atomic E-state index is -1.72. The number of fused-ring (bicyclic) bond motifs is 1. The van der Waals surface area contributed by atoms with E-state index >= 15 is 0 Å². The molecule has 0 aromatic heterocycles. The van der Waals surface area contributed by atoms with Crippen molar-refractivity contribution in [1.82, 2.24) is 15.5 Å². The Kier molecular flexibility index (Phi) is 9.42. The van der Waals surface area contributed by atoms with Crippen LogP contribution in [0.25, 0.3) is 10.8 Å². The van der Waals surface area contributed by atoms with E-state index in [1.165, 1.54) is 5.39 Å². The Bertz CT molecular complexity index is 1600. The van der Waals surface area contributed by atoms with E-state index in [1.54, 1.807) is 45.0 Å². The Hall–Kier alpha value is -4.53. The summed E-state index contributed by atoms with van der Waals surface area (Å²) in [6.45, 7) is 7.57. The van der Waals surface area contributed by atoms with Gasteiger partial charge in [-0.25, -0.2) is 14.4 Å². The Labute approximate surface area is 258 Å². The second-order valence-electron chi connectivity index (χ2n) is 12.2. The minimum absolute atomic E-state index is 0.0510. The fourth-order valence-corrected chi connectivity index (χ4v) is 5.52. The summed E-state index contributed by atoms with van der Waals surface area (Å²) in [5.74, 6) is -1.57. The normalized spacial score (nSPS) is 16.9. The van der Waals surface area contributed by atoms with Crippen molar-refractivity contribution in [3.63, 3.8) is 0 Å². The lowest BCUT2D eigenvalue weighted by Crippen LogP contribution is -2.58. The van der Waals surface area contributed by atoms with Crippen molar-refractivity contribution in [2.75, 3.05) is 19.6 Å².